The molecule has 0 saturated heterocycles. The Kier molecular flexibility index (Phi) is 5.64. The van der Waals surface area contributed by atoms with E-state index in [2.05, 4.69) is 22.5 Å². The third-order valence-electron chi connectivity index (χ3n) is 4.99. The molecular weight excluding hydrogens is 314 g/mol. The third-order valence-corrected chi connectivity index (χ3v) is 4.99. The largest absolute Gasteiger partial charge is 0.354 e. The Morgan fingerprint density at radius 1 is 1.36 bits per heavy atom. The molecule has 1 fully saturated rings. The van der Waals surface area contributed by atoms with Crippen molar-refractivity contribution in [1.29, 1.82) is 0 Å². The van der Waals surface area contributed by atoms with E-state index in [-0.39, 0.29) is 17.7 Å². The Bertz CT molecular complexity index is 707. The van der Waals surface area contributed by atoms with Crippen LogP contribution in [0.1, 0.15) is 43.2 Å². The van der Waals surface area contributed by atoms with Crippen molar-refractivity contribution >= 4 is 11.7 Å². The molecule has 1 aliphatic carbocycles. The van der Waals surface area contributed by atoms with Crippen molar-refractivity contribution < 1.29 is 9.59 Å². The Morgan fingerprint density at radius 2 is 2.16 bits per heavy atom. The van der Waals surface area contributed by atoms with Crippen LogP contribution in [0.5, 0.6) is 0 Å². The molecule has 2 aromatic rings. The molecule has 5 nitrogen and oxygen atoms in total. The minimum absolute atomic E-state index is 0.0193. The van der Waals surface area contributed by atoms with E-state index in [1.807, 2.05) is 31.3 Å². The van der Waals surface area contributed by atoms with E-state index in [0.29, 0.717) is 18.9 Å². The van der Waals surface area contributed by atoms with Gasteiger partial charge in [0.15, 0.2) is 0 Å². The van der Waals surface area contributed by atoms with Gasteiger partial charge in [0.2, 0.25) is 5.91 Å². The second kappa shape index (κ2) is 8.10. The number of carbonyl (C=O) groups is 2. The second-order valence-electron chi connectivity index (χ2n) is 6.78. The smallest absolute Gasteiger partial charge is 0.227 e. The molecule has 132 valence electrons. The van der Waals surface area contributed by atoms with Gasteiger partial charge in [-0.3, -0.25) is 14.3 Å². The molecule has 0 spiro atoms. The van der Waals surface area contributed by atoms with Gasteiger partial charge in [0, 0.05) is 31.3 Å². The second-order valence-corrected chi connectivity index (χ2v) is 6.78. The first-order valence-electron chi connectivity index (χ1n) is 9.00. The summed E-state index contributed by atoms with van der Waals surface area (Å²) in [6.45, 7) is 3.14. The molecule has 1 amide bonds. The topological polar surface area (TPSA) is 64.0 Å². The minimum Gasteiger partial charge on any atom is -0.354 e. The molecule has 1 saturated carbocycles. The van der Waals surface area contributed by atoms with Gasteiger partial charge in [-0.2, -0.15) is 5.10 Å². The maximum absolute atomic E-state index is 12.3. The normalized spacial score (nSPS) is 18.3. The highest BCUT2D eigenvalue weighted by Crippen LogP contribution is 2.25. The lowest BCUT2D eigenvalue weighted by molar-refractivity contribution is -0.122. The highest BCUT2D eigenvalue weighted by Gasteiger charge is 2.24. The number of ketones is 1. The van der Waals surface area contributed by atoms with Crippen LogP contribution in [0.2, 0.25) is 0 Å². The van der Waals surface area contributed by atoms with Gasteiger partial charge in [0.25, 0.3) is 0 Å². The van der Waals surface area contributed by atoms with Crippen molar-refractivity contribution in [3.05, 3.63) is 53.9 Å². The summed E-state index contributed by atoms with van der Waals surface area (Å²) in [6.07, 6.45) is 7.20. The first-order chi connectivity index (χ1) is 12.1. The lowest BCUT2D eigenvalue weighted by Crippen LogP contribution is -2.31. The zero-order valence-corrected chi connectivity index (χ0v) is 14.6. The number of benzene rings is 1. The van der Waals surface area contributed by atoms with Crippen LogP contribution in [0.4, 0.5) is 0 Å². The quantitative estimate of drug-likeness (QED) is 0.843. The fraction of sp³-hybridized carbons (Fsp3) is 0.450. The lowest BCUT2D eigenvalue weighted by Gasteiger charge is -2.14. The number of aromatic nitrogens is 2. The van der Waals surface area contributed by atoms with Gasteiger partial charge in [0.05, 0.1) is 12.5 Å². The van der Waals surface area contributed by atoms with Crippen molar-refractivity contribution in [2.75, 3.05) is 6.54 Å². The van der Waals surface area contributed by atoms with Gasteiger partial charge in [-0.15, -0.1) is 0 Å². The first-order valence-corrected chi connectivity index (χ1v) is 9.00. The molecule has 1 aromatic carbocycles. The molecule has 3 rings (SSSR count). The highest BCUT2D eigenvalue weighted by atomic mass is 16.1. The summed E-state index contributed by atoms with van der Waals surface area (Å²) in [5.41, 5.74) is 2.17. The summed E-state index contributed by atoms with van der Waals surface area (Å²) in [5, 5.41) is 7.07. The molecule has 2 atom stereocenters. The zero-order chi connectivity index (χ0) is 17.6. The molecule has 1 aromatic heterocycles. The SMILES string of the molecule is C[C@H](C(=O)NCCn1cccn1)c1ccc(C[C@H]2CCCC2=O)cc1. The van der Waals surface area contributed by atoms with Crippen LogP contribution in [0, 0.1) is 5.92 Å². The lowest BCUT2D eigenvalue weighted by atomic mass is 9.94. The van der Waals surface area contributed by atoms with E-state index in [1.54, 1.807) is 10.9 Å². The fourth-order valence-corrected chi connectivity index (χ4v) is 3.36. The van der Waals surface area contributed by atoms with Crippen molar-refractivity contribution in [3.63, 3.8) is 0 Å². The number of carbonyl (C=O) groups excluding carboxylic acids is 2. The minimum atomic E-state index is -0.195. The van der Waals surface area contributed by atoms with Crippen molar-refractivity contribution in [2.45, 2.75) is 45.1 Å². The van der Waals surface area contributed by atoms with Gasteiger partial charge >= 0.3 is 0 Å². The number of hydrogen-bond donors (Lipinski definition) is 1. The number of rotatable bonds is 7. The van der Waals surface area contributed by atoms with Gasteiger partial charge in [-0.05, 0) is 43.4 Å². The summed E-state index contributed by atoms with van der Waals surface area (Å²) >= 11 is 0. The van der Waals surface area contributed by atoms with E-state index in [1.165, 1.54) is 5.56 Å². The van der Waals surface area contributed by atoms with E-state index in [4.69, 9.17) is 0 Å². The van der Waals surface area contributed by atoms with Gasteiger partial charge in [-0.1, -0.05) is 24.3 Å². The van der Waals surface area contributed by atoms with Crippen LogP contribution in [0.15, 0.2) is 42.7 Å². The molecular formula is C20H25N3O2. The number of Topliss-reactive ketones (excluding diaryl/α,β-unsaturated/α-hetero) is 1. The maximum atomic E-state index is 12.3. The van der Waals surface area contributed by atoms with Crippen LogP contribution in [0.25, 0.3) is 0 Å². The maximum Gasteiger partial charge on any atom is 0.227 e. The van der Waals surface area contributed by atoms with Crippen molar-refractivity contribution in [3.8, 4) is 0 Å². The Morgan fingerprint density at radius 3 is 2.80 bits per heavy atom. The monoisotopic (exact) mass is 339 g/mol. The predicted octanol–water partition coefficient (Wildman–Crippen LogP) is 2.71. The molecule has 0 bridgehead atoms. The molecule has 0 aliphatic heterocycles. The van der Waals surface area contributed by atoms with Gasteiger partial charge < -0.3 is 5.32 Å². The first kappa shape index (κ1) is 17.4. The molecule has 0 radical (unpaired) electrons. The summed E-state index contributed by atoms with van der Waals surface area (Å²) in [4.78, 5) is 24.1. The molecule has 5 heteroatoms. The number of hydrogen-bond acceptors (Lipinski definition) is 3. The van der Waals surface area contributed by atoms with E-state index in [9.17, 15) is 9.59 Å². The summed E-state index contributed by atoms with van der Waals surface area (Å²) in [5.74, 6) is 0.411. The van der Waals surface area contributed by atoms with Gasteiger partial charge in [0.1, 0.15) is 5.78 Å². The summed E-state index contributed by atoms with van der Waals surface area (Å²) < 4.78 is 1.80. The van der Waals surface area contributed by atoms with E-state index in [0.717, 1.165) is 31.2 Å². The molecule has 0 unspecified atom stereocenters. The van der Waals surface area contributed by atoms with Gasteiger partial charge in [-0.25, -0.2) is 0 Å². The van der Waals surface area contributed by atoms with Crippen molar-refractivity contribution in [2.24, 2.45) is 5.92 Å². The standard InChI is InChI=1S/C20H25N3O2/c1-15(20(25)21-11-13-23-12-3-10-22-23)17-8-6-16(7-9-17)14-18-4-2-5-19(18)24/h3,6-10,12,15,18H,2,4-5,11,13-14H2,1H3,(H,21,25)/t15-,18+/m0/s1. The van der Waals surface area contributed by atoms with Crippen molar-refractivity contribution in [1.82, 2.24) is 15.1 Å². The predicted molar refractivity (Wildman–Crippen MR) is 96.1 cm³/mol. The van der Waals surface area contributed by atoms with Crippen LogP contribution in [-0.2, 0) is 22.6 Å². The molecule has 25 heavy (non-hydrogen) atoms. The molecule has 1 heterocycles. The molecule has 1 N–H and O–H groups in total. The highest BCUT2D eigenvalue weighted by molar-refractivity contribution is 5.83. The number of amides is 1. The van der Waals surface area contributed by atoms with E-state index >= 15 is 0 Å². The summed E-state index contributed by atoms with van der Waals surface area (Å²) in [6, 6.07) is 9.98. The number of nitrogens with one attached hydrogen (secondary N) is 1. The number of nitrogens with zero attached hydrogens (tertiary/aromatic N) is 2. The summed E-state index contributed by atoms with van der Waals surface area (Å²) in [7, 11) is 0. The van der Waals surface area contributed by atoms with Crippen LogP contribution < -0.4 is 5.32 Å². The van der Waals surface area contributed by atoms with Crippen LogP contribution >= 0.6 is 0 Å². The average Bonchev–Trinajstić information content (AvgIpc) is 3.27. The molecule has 1 aliphatic rings. The Hall–Kier alpha value is -2.43. The van der Waals surface area contributed by atoms with Crippen LogP contribution in [-0.4, -0.2) is 28.0 Å². The Balaban J connectivity index is 1.50. The zero-order valence-electron chi connectivity index (χ0n) is 14.6. The Labute approximate surface area is 148 Å². The van der Waals surface area contributed by atoms with Crippen LogP contribution in [0.3, 0.4) is 0 Å². The van der Waals surface area contributed by atoms with E-state index < -0.39 is 0 Å². The average molecular weight is 339 g/mol. The third kappa shape index (κ3) is 4.56. The fourth-order valence-electron chi connectivity index (χ4n) is 3.36.